The molecular weight excluding hydrogens is 458 g/mol. The summed E-state index contributed by atoms with van der Waals surface area (Å²) >= 11 is 0. The summed E-state index contributed by atoms with van der Waals surface area (Å²) in [4.78, 5) is 30.3. The van der Waals surface area contributed by atoms with E-state index in [4.69, 9.17) is 4.74 Å². The van der Waals surface area contributed by atoms with Gasteiger partial charge in [0, 0.05) is 42.4 Å². The largest absolute Gasteiger partial charge is 0.495 e. The number of hydrogen-bond donors (Lipinski definition) is 2. The van der Waals surface area contributed by atoms with E-state index in [9.17, 15) is 14.7 Å². The second kappa shape index (κ2) is 7.51. The van der Waals surface area contributed by atoms with Crippen LogP contribution in [0, 0.1) is 17.8 Å². The fourth-order valence-corrected chi connectivity index (χ4v) is 6.71. The number of nitrogens with one attached hydrogen (secondary N) is 1. The van der Waals surface area contributed by atoms with Crippen LogP contribution in [0.3, 0.4) is 0 Å². The smallest absolute Gasteiger partial charge is 0.257 e. The molecule has 0 spiro atoms. The van der Waals surface area contributed by atoms with Crippen molar-refractivity contribution in [2.24, 2.45) is 17.8 Å². The lowest BCUT2D eigenvalue weighted by atomic mass is 9.56. The molecule has 2 saturated heterocycles. The number of methoxy groups -OCH3 is 1. The number of aromatic amines is 1. The van der Waals surface area contributed by atoms with E-state index in [1.54, 1.807) is 36.3 Å². The molecule has 2 N–H and O–H groups in total. The van der Waals surface area contributed by atoms with Gasteiger partial charge < -0.3 is 19.6 Å². The molecular formula is C27H25N5O4. The molecule has 3 heterocycles. The van der Waals surface area contributed by atoms with E-state index in [0.717, 1.165) is 16.3 Å². The lowest BCUT2D eigenvalue weighted by Gasteiger charge is -2.50. The Morgan fingerprint density at radius 2 is 1.83 bits per heavy atom. The Morgan fingerprint density at radius 1 is 1.03 bits per heavy atom. The number of likely N-dealkylation sites (tertiary alicyclic amines) is 2. The predicted molar refractivity (Wildman–Crippen MR) is 132 cm³/mol. The number of benzene rings is 3. The molecule has 1 saturated carbocycles. The second-order valence-electron chi connectivity index (χ2n) is 10.2. The zero-order valence-electron chi connectivity index (χ0n) is 19.7. The molecule has 36 heavy (non-hydrogen) atoms. The minimum absolute atomic E-state index is 0.0430. The van der Waals surface area contributed by atoms with Crippen molar-refractivity contribution >= 4 is 33.6 Å². The normalized spacial score (nSPS) is 26.7. The molecule has 9 nitrogen and oxygen atoms in total. The van der Waals surface area contributed by atoms with Crippen LogP contribution in [0.2, 0.25) is 0 Å². The summed E-state index contributed by atoms with van der Waals surface area (Å²) in [5.74, 6) is 0.445. The fourth-order valence-electron chi connectivity index (χ4n) is 6.71. The van der Waals surface area contributed by atoms with E-state index in [1.807, 2.05) is 35.2 Å². The van der Waals surface area contributed by atoms with E-state index in [0.29, 0.717) is 42.0 Å². The predicted octanol–water partition coefficient (Wildman–Crippen LogP) is 2.32. The van der Waals surface area contributed by atoms with Crippen molar-refractivity contribution in [3.63, 3.8) is 0 Å². The molecule has 0 bridgehead atoms. The highest BCUT2D eigenvalue weighted by molar-refractivity contribution is 6.04. The lowest BCUT2D eigenvalue weighted by molar-refractivity contribution is -0.145. The maximum atomic E-state index is 13.6. The highest BCUT2D eigenvalue weighted by Crippen LogP contribution is 2.57. The molecule has 2 unspecified atom stereocenters. The Labute approximate surface area is 206 Å². The van der Waals surface area contributed by atoms with Crippen molar-refractivity contribution in [2.75, 3.05) is 33.3 Å². The van der Waals surface area contributed by atoms with Gasteiger partial charge in [0.05, 0.1) is 30.3 Å². The van der Waals surface area contributed by atoms with Gasteiger partial charge in [-0.1, -0.05) is 35.5 Å². The van der Waals surface area contributed by atoms with Crippen LogP contribution in [0.5, 0.6) is 5.75 Å². The number of amides is 2. The van der Waals surface area contributed by atoms with Crippen LogP contribution in [0.4, 0.5) is 0 Å². The van der Waals surface area contributed by atoms with Gasteiger partial charge in [-0.3, -0.25) is 14.7 Å². The second-order valence-corrected chi connectivity index (χ2v) is 10.2. The Hall–Kier alpha value is -3.98. The number of ether oxygens (including phenoxy) is 1. The van der Waals surface area contributed by atoms with Crippen LogP contribution in [-0.2, 0) is 0 Å². The van der Waals surface area contributed by atoms with Crippen LogP contribution < -0.4 is 4.74 Å². The van der Waals surface area contributed by atoms with Gasteiger partial charge >= 0.3 is 0 Å². The van der Waals surface area contributed by atoms with E-state index in [2.05, 4.69) is 15.4 Å². The number of fused-ring (bicyclic) bond motifs is 6. The molecule has 4 aromatic rings. The third kappa shape index (κ3) is 2.86. The Balaban J connectivity index is 1.10. The van der Waals surface area contributed by atoms with Gasteiger partial charge in [0.25, 0.3) is 11.8 Å². The van der Waals surface area contributed by atoms with Crippen LogP contribution in [-0.4, -0.2) is 81.0 Å². The van der Waals surface area contributed by atoms with E-state index < -0.39 is 5.60 Å². The van der Waals surface area contributed by atoms with Gasteiger partial charge in [0.2, 0.25) is 0 Å². The molecule has 3 aliphatic rings. The summed E-state index contributed by atoms with van der Waals surface area (Å²) in [5, 5.41) is 24.1. The van der Waals surface area contributed by atoms with Crippen molar-refractivity contribution in [1.29, 1.82) is 0 Å². The van der Waals surface area contributed by atoms with Gasteiger partial charge in [-0.25, -0.2) is 0 Å². The van der Waals surface area contributed by atoms with Crippen molar-refractivity contribution in [3.8, 4) is 5.75 Å². The van der Waals surface area contributed by atoms with Crippen LogP contribution >= 0.6 is 0 Å². The van der Waals surface area contributed by atoms with Gasteiger partial charge in [-0.15, -0.1) is 5.10 Å². The van der Waals surface area contributed by atoms with Gasteiger partial charge in [0.1, 0.15) is 11.3 Å². The standard InChI is InChI=1S/C27H25N5O4/c1-36-24-17-5-3-2-4-15(17)6-8-18(24)26(34)32-13-21-19-11-31(12-20(19)27(21,35)14-32)25(33)16-7-9-22-23(10-16)29-30-28-22/h2-10,19-21,35H,11-14H2,1H3,(H,28,29,30)/t19-,20+,21?,27?/m0/s1. The molecule has 7 rings (SSSR count). The first-order valence-corrected chi connectivity index (χ1v) is 12.2. The molecule has 3 fully saturated rings. The van der Waals surface area contributed by atoms with Crippen LogP contribution in [0.25, 0.3) is 21.8 Å². The Morgan fingerprint density at radius 3 is 2.67 bits per heavy atom. The monoisotopic (exact) mass is 483 g/mol. The molecule has 1 aromatic heterocycles. The molecule has 1 aliphatic carbocycles. The average Bonchev–Trinajstić information content (AvgIpc) is 3.61. The van der Waals surface area contributed by atoms with Crippen molar-refractivity contribution in [2.45, 2.75) is 5.60 Å². The number of nitrogens with zero attached hydrogens (tertiary/aromatic N) is 4. The zero-order chi connectivity index (χ0) is 24.6. The van der Waals surface area contributed by atoms with E-state index >= 15 is 0 Å². The van der Waals surface area contributed by atoms with Crippen molar-refractivity contribution in [1.82, 2.24) is 25.2 Å². The van der Waals surface area contributed by atoms with E-state index in [1.165, 1.54) is 0 Å². The molecule has 2 aliphatic heterocycles. The Bertz CT molecular complexity index is 1550. The summed E-state index contributed by atoms with van der Waals surface area (Å²) in [6.07, 6.45) is 0. The first-order chi connectivity index (χ1) is 17.5. The lowest BCUT2D eigenvalue weighted by Crippen LogP contribution is -2.61. The van der Waals surface area contributed by atoms with Gasteiger partial charge in [-0.05, 0) is 35.6 Å². The number of hydrogen-bond acceptors (Lipinski definition) is 6. The first-order valence-electron chi connectivity index (χ1n) is 12.2. The third-order valence-corrected chi connectivity index (χ3v) is 8.49. The Kier molecular flexibility index (Phi) is 4.45. The third-order valence-electron chi connectivity index (χ3n) is 8.49. The molecule has 3 aromatic carbocycles. The summed E-state index contributed by atoms with van der Waals surface area (Å²) < 4.78 is 5.65. The van der Waals surface area contributed by atoms with Crippen LogP contribution in [0.1, 0.15) is 20.7 Å². The average molecular weight is 484 g/mol. The summed E-state index contributed by atoms with van der Waals surface area (Å²) in [6, 6.07) is 16.9. The zero-order valence-corrected chi connectivity index (χ0v) is 19.7. The summed E-state index contributed by atoms with van der Waals surface area (Å²) in [5.41, 5.74) is 1.53. The maximum absolute atomic E-state index is 13.6. The highest BCUT2D eigenvalue weighted by atomic mass is 16.5. The van der Waals surface area contributed by atoms with Gasteiger partial charge in [-0.2, -0.15) is 0 Å². The van der Waals surface area contributed by atoms with Gasteiger partial charge in [0.15, 0.2) is 0 Å². The molecule has 2 amide bonds. The number of rotatable bonds is 3. The summed E-state index contributed by atoms with van der Waals surface area (Å²) in [6.45, 7) is 1.79. The minimum atomic E-state index is -0.977. The summed E-state index contributed by atoms with van der Waals surface area (Å²) in [7, 11) is 1.58. The maximum Gasteiger partial charge on any atom is 0.257 e. The highest BCUT2D eigenvalue weighted by Gasteiger charge is 2.68. The molecule has 9 heteroatoms. The number of carbonyl (C=O) groups is 2. The number of β-amino-alcohol motifs (C(OH)–C–C–N with tert-alkyl or cyclic N) is 1. The number of carbonyl (C=O) groups excluding carboxylic acids is 2. The van der Waals surface area contributed by atoms with E-state index in [-0.39, 0.29) is 36.1 Å². The SMILES string of the molecule is COc1c(C(=O)N2CC3[C@H]4CN(C(=O)c5ccc6[nH]nnc6c5)C[C@H]4C3(O)C2)ccc2ccccc12. The number of aromatic nitrogens is 3. The first kappa shape index (κ1) is 21.3. The van der Waals surface area contributed by atoms with Crippen molar-refractivity contribution in [3.05, 3.63) is 65.7 Å². The fraction of sp³-hybridized carbons (Fsp3) is 0.333. The minimum Gasteiger partial charge on any atom is -0.495 e. The molecule has 0 radical (unpaired) electrons. The topological polar surface area (TPSA) is 112 Å². The number of H-pyrrole nitrogens is 1. The van der Waals surface area contributed by atoms with Crippen LogP contribution in [0.15, 0.2) is 54.6 Å². The molecule has 182 valence electrons. The molecule has 4 atom stereocenters. The van der Waals surface area contributed by atoms with Crippen molar-refractivity contribution < 1.29 is 19.4 Å². The quantitative estimate of drug-likeness (QED) is 0.463. The number of aliphatic hydroxyl groups is 1.